The first-order valence-electron chi connectivity index (χ1n) is 7.38. The van der Waals surface area contributed by atoms with Gasteiger partial charge in [0.2, 0.25) is 5.16 Å². The molecular weight excluding hydrogens is 316 g/mol. The lowest BCUT2D eigenvalue weighted by Crippen LogP contribution is -2.05. The second-order valence-electron chi connectivity index (χ2n) is 5.72. The summed E-state index contributed by atoms with van der Waals surface area (Å²) in [6.07, 6.45) is 3.53. The monoisotopic (exact) mass is 332 g/mol. The first-order valence-corrected chi connectivity index (χ1v) is 9.01. The molecular formula is C14H16N6S2. The van der Waals surface area contributed by atoms with E-state index in [1.165, 1.54) is 28.7 Å². The highest BCUT2D eigenvalue weighted by molar-refractivity contribution is 7.99. The van der Waals surface area contributed by atoms with Gasteiger partial charge in [-0.05, 0) is 67.8 Å². The largest absolute Gasteiger partial charge is 0.226 e. The normalized spacial score (nSPS) is 14.2. The van der Waals surface area contributed by atoms with E-state index in [-0.39, 0.29) is 6.04 Å². The number of rotatable bonds is 3. The van der Waals surface area contributed by atoms with Gasteiger partial charge in [0.15, 0.2) is 0 Å². The second-order valence-corrected chi connectivity index (χ2v) is 7.75. The maximum absolute atomic E-state index is 4.68. The van der Waals surface area contributed by atoms with Crippen LogP contribution in [0.4, 0.5) is 0 Å². The number of tetrazole rings is 1. The molecule has 3 aromatic rings. The lowest BCUT2D eigenvalue weighted by Gasteiger charge is -2.08. The quantitative estimate of drug-likeness (QED) is 0.686. The van der Waals surface area contributed by atoms with Crippen molar-refractivity contribution in [1.82, 2.24) is 30.2 Å². The average Bonchev–Trinajstić information content (AvgIpc) is 3.12. The molecule has 0 N–H and O–H groups in total. The first-order chi connectivity index (χ1) is 10.6. The molecule has 0 aliphatic heterocycles. The molecule has 0 bridgehead atoms. The van der Waals surface area contributed by atoms with Gasteiger partial charge in [-0.15, -0.1) is 16.4 Å². The Morgan fingerprint density at radius 1 is 1.23 bits per heavy atom. The van der Waals surface area contributed by atoms with Crippen molar-refractivity contribution in [2.45, 2.75) is 56.3 Å². The molecule has 0 radical (unpaired) electrons. The lowest BCUT2D eigenvalue weighted by molar-refractivity contribution is 0.477. The smallest absolute Gasteiger partial charge is 0.215 e. The highest BCUT2D eigenvalue weighted by Gasteiger charge is 2.23. The van der Waals surface area contributed by atoms with Gasteiger partial charge in [-0.25, -0.2) is 14.6 Å². The van der Waals surface area contributed by atoms with Crippen molar-refractivity contribution in [3.63, 3.8) is 0 Å². The third-order valence-electron chi connectivity index (χ3n) is 3.78. The van der Waals surface area contributed by atoms with E-state index >= 15 is 0 Å². The molecule has 0 unspecified atom stereocenters. The van der Waals surface area contributed by atoms with Gasteiger partial charge in [0, 0.05) is 10.3 Å². The van der Waals surface area contributed by atoms with Gasteiger partial charge in [-0.3, -0.25) is 0 Å². The molecule has 4 rings (SSSR count). The van der Waals surface area contributed by atoms with Crippen LogP contribution in [0.25, 0.3) is 10.2 Å². The molecule has 114 valence electrons. The van der Waals surface area contributed by atoms with Crippen LogP contribution in [0, 0.1) is 6.92 Å². The summed E-state index contributed by atoms with van der Waals surface area (Å²) in [7, 11) is 0. The fourth-order valence-electron chi connectivity index (χ4n) is 2.80. The molecule has 8 heteroatoms. The molecule has 0 atom stereocenters. The van der Waals surface area contributed by atoms with Gasteiger partial charge in [0.1, 0.15) is 15.7 Å². The Labute approximate surface area is 136 Å². The molecule has 3 aromatic heterocycles. The van der Waals surface area contributed by atoms with Gasteiger partial charge in [-0.1, -0.05) is 0 Å². The molecule has 0 amide bonds. The lowest BCUT2D eigenvalue weighted by atomic mass is 10.2. The zero-order chi connectivity index (χ0) is 15.3. The third-order valence-corrected chi connectivity index (χ3v) is 5.91. The molecule has 6 nitrogen and oxygen atoms in total. The number of fused-ring (bicyclic) bond motifs is 3. The van der Waals surface area contributed by atoms with Crippen LogP contribution >= 0.6 is 23.1 Å². The minimum absolute atomic E-state index is 0.226. The molecule has 0 saturated heterocycles. The fraction of sp³-hybridized carbons (Fsp3) is 0.500. The number of thiophene rings is 1. The molecule has 22 heavy (non-hydrogen) atoms. The third kappa shape index (κ3) is 2.21. The summed E-state index contributed by atoms with van der Waals surface area (Å²) in [5.74, 6) is 0.804. The molecule has 0 saturated carbocycles. The van der Waals surface area contributed by atoms with Crippen LogP contribution < -0.4 is 0 Å². The Morgan fingerprint density at radius 2 is 2.09 bits per heavy atom. The Kier molecular flexibility index (Phi) is 3.37. The number of nitrogens with zero attached hydrogens (tertiary/aromatic N) is 6. The van der Waals surface area contributed by atoms with Gasteiger partial charge in [0.05, 0.1) is 6.04 Å². The SMILES string of the molecule is Cc1nc(Sc2nnnn2C(C)C)c2c3c(sc2n1)CCC3. The summed E-state index contributed by atoms with van der Waals surface area (Å²) in [6.45, 7) is 6.09. The number of aromatic nitrogens is 6. The average molecular weight is 332 g/mol. The van der Waals surface area contributed by atoms with E-state index in [4.69, 9.17) is 0 Å². The molecule has 1 aliphatic carbocycles. The zero-order valence-electron chi connectivity index (χ0n) is 12.7. The van der Waals surface area contributed by atoms with E-state index in [1.807, 2.05) is 22.9 Å². The number of hydrogen-bond acceptors (Lipinski definition) is 7. The Morgan fingerprint density at radius 3 is 2.91 bits per heavy atom. The Bertz CT molecular complexity index is 851. The molecule has 1 aliphatic rings. The van der Waals surface area contributed by atoms with E-state index in [2.05, 4.69) is 39.3 Å². The van der Waals surface area contributed by atoms with Crippen molar-refractivity contribution >= 4 is 33.3 Å². The van der Waals surface area contributed by atoms with Crippen LogP contribution in [0.5, 0.6) is 0 Å². The standard InChI is InChI=1S/C14H16N6S2/c1-7(2)20-14(17-18-19-20)22-13-11-9-5-4-6-10(9)21-12(11)15-8(3)16-13/h7H,4-6H2,1-3H3. The van der Waals surface area contributed by atoms with E-state index in [9.17, 15) is 0 Å². The topological polar surface area (TPSA) is 69.4 Å². The summed E-state index contributed by atoms with van der Waals surface area (Å²) < 4.78 is 1.83. The Hall–Kier alpha value is -1.54. The van der Waals surface area contributed by atoms with Crippen LogP contribution in [-0.4, -0.2) is 30.2 Å². The van der Waals surface area contributed by atoms with Crippen molar-refractivity contribution in [3.05, 3.63) is 16.3 Å². The highest BCUT2D eigenvalue weighted by Crippen LogP contribution is 2.41. The van der Waals surface area contributed by atoms with Crippen molar-refractivity contribution in [2.75, 3.05) is 0 Å². The van der Waals surface area contributed by atoms with E-state index < -0.39 is 0 Å². The van der Waals surface area contributed by atoms with Crippen LogP contribution in [0.15, 0.2) is 10.2 Å². The minimum Gasteiger partial charge on any atom is -0.226 e. The van der Waals surface area contributed by atoms with Crippen molar-refractivity contribution < 1.29 is 0 Å². The maximum atomic E-state index is 4.68. The summed E-state index contributed by atoms with van der Waals surface area (Å²) in [5.41, 5.74) is 1.44. The Balaban J connectivity index is 1.85. The van der Waals surface area contributed by atoms with Crippen molar-refractivity contribution in [1.29, 1.82) is 0 Å². The maximum Gasteiger partial charge on any atom is 0.215 e. The predicted molar refractivity (Wildman–Crippen MR) is 86.5 cm³/mol. The summed E-state index contributed by atoms with van der Waals surface area (Å²) >= 11 is 3.36. The molecule has 0 aromatic carbocycles. The van der Waals surface area contributed by atoms with Crippen LogP contribution in [0.2, 0.25) is 0 Å². The number of aryl methyl sites for hydroxylation is 3. The number of hydrogen-bond donors (Lipinski definition) is 0. The fourth-order valence-corrected chi connectivity index (χ4v) is 5.26. The first kappa shape index (κ1) is 14.1. The van der Waals surface area contributed by atoms with Crippen LogP contribution in [-0.2, 0) is 12.8 Å². The van der Waals surface area contributed by atoms with Gasteiger partial charge < -0.3 is 0 Å². The summed E-state index contributed by atoms with van der Waals surface area (Å²) in [5, 5.41) is 15.0. The van der Waals surface area contributed by atoms with Gasteiger partial charge in [-0.2, -0.15) is 0 Å². The zero-order valence-corrected chi connectivity index (χ0v) is 14.3. The highest BCUT2D eigenvalue weighted by atomic mass is 32.2. The van der Waals surface area contributed by atoms with E-state index in [1.54, 1.807) is 11.8 Å². The van der Waals surface area contributed by atoms with Crippen molar-refractivity contribution in [2.24, 2.45) is 0 Å². The van der Waals surface area contributed by atoms with E-state index in [0.29, 0.717) is 0 Å². The van der Waals surface area contributed by atoms with E-state index in [0.717, 1.165) is 27.3 Å². The molecule has 0 fully saturated rings. The van der Waals surface area contributed by atoms with Gasteiger partial charge >= 0.3 is 0 Å². The van der Waals surface area contributed by atoms with Gasteiger partial charge in [0.25, 0.3) is 0 Å². The summed E-state index contributed by atoms with van der Waals surface area (Å²) in [6, 6.07) is 0.226. The van der Waals surface area contributed by atoms with Crippen LogP contribution in [0.3, 0.4) is 0 Å². The predicted octanol–water partition coefficient (Wildman–Crippen LogP) is 3.21. The second kappa shape index (κ2) is 5.27. The molecule has 0 spiro atoms. The molecule has 3 heterocycles. The van der Waals surface area contributed by atoms with Crippen LogP contribution in [0.1, 0.15) is 42.6 Å². The summed E-state index contributed by atoms with van der Waals surface area (Å²) in [4.78, 5) is 11.9. The van der Waals surface area contributed by atoms with Crippen molar-refractivity contribution in [3.8, 4) is 0 Å². The minimum atomic E-state index is 0.226.